The van der Waals surface area contributed by atoms with Crippen LogP contribution in [0.25, 0.3) is 0 Å². The van der Waals surface area contributed by atoms with Gasteiger partial charge in [-0.15, -0.1) is 0 Å². The van der Waals surface area contributed by atoms with Crippen molar-refractivity contribution in [2.75, 3.05) is 39.4 Å². The van der Waals surface area contributed by atoms with E-state index in [1.54, 1.807) is 0 Å². The van der Waals surface area contributed by atoms with Crippen LogP contribution in [0.15, 0.2) is 35.3 Å². The maximum atomic E-state index is 5.47. The maximum Gasteiger partial charge on any atom is 0.191 e. The van der Waals surface area contributed by atoms with Crippen molar-refractivity contribution < 1.29 is 4.74 Å². The number of benzene rings is 1. The lowest BCUT2D eigenvalue weighted by Gasteiger charge is -2.39. The lowest BCUT2D eigenvalue weighted by molar-refractivity contribution is -0.00683. The summed E-state index contributed by atoms with van der Waals surface area (Å²) >= 11 is 0. The van der Waals surface area contributed by atoms with Gasteiger partial charge in [-0.1, -0.05) is 30.3 Å². The fraction of sp³-hybridized carbons (Fsp3) is 0.650. The van der Waals surface area contributed by atoms with Crippen LogP contribution in [0.2, 0.25) is 0 Å². The average molecular weight is 345 g/mol. The van der Waals surface area contributed by atoms with Crippen LogP contribution in [0, 0.1) is 0 Å². The molecule has 0 spiro atoms. The first-order valence-electron chi connectivity index (χ1n) is 9.53. The molecule has 1 saturated heterocycles. The first-order chi connectivity index (χ1) is 12.1. The number of hydrogen-bond acceptors (Lipinski definition) is 3. The number of morpholine rings is 1. The van der Waals surface area contributed by atoms with Crippen molar-refractivity contribution in [1.82, 2.24) is 15.5 Å². The molecule has 2 unspecified atom stereocenters. The molecule has 2 aliphatic rings. The van der Waals surface area contributed by atoms with Gasteiger partial charge in [0, 0.05) is 37.1 Å². The number of rotatable bonds is 6. The highest BCUT2D eigenvalue weighted by Gasteiger charge is 2.39. The van der Waals surface area contributed by atoms with Crippen LogP contribution in [0.5, 0.6) is 0 Å². The third kappa shape index (κ3) is 4.95. The first kappa shape index (κ1) is 18.2. The van der Waals surface area contributed by atoms with E-state index < -0.39 is 0 Å². The topological polar surface area (TPSA) is 48.9 Å². The number of ether oxygens (including phenoxy) is 1. The molecule has 0 bridgehead atoms. The first-order valence-corrected chi connectivity index (χ1v) is 9.53. The number of guanidine groups is 1. The summed E-state index contributed by atoms with van der Waals surface area (Å²) in [4.78, 5) is 7.36. The largest absolute Gasteiger partial charge is 0.379 e. The molecule has 1 heterocycles. The fourth-order valence-corrected chi connectivity index (χ4v) is 3.46. The third-order valence-corrected chi connectivity index (χ3v) is 5.18. The number of nitrogens with one attached hydrogen (secondary N) is 2. The van der Waals surface area contributed by atoms with Crippen molar-refractivity contribution in [3.63, 3.8) is 0 Å². The molecule has 1 aliphatic heterocycles. The zero-order chi connectivity index (χ0) is 17.7. The van der Waals surface area contributed by atoms with Crippen molar-refractivity contribution >= 4 is 5.96 Å². The second-order valence-electron chi connectivity index (χ2n) is 7.61. The maximum absolute atomic E-state index is 5.47. The second-order valence-corrected chi connectivity index (χ2v) is 7.61. The van der Waals surface area contributed by atoms with E-state index in [-0.39, 0.29) is 5.54 Å². The SMILES string of the molecule is CCNC(=NCC(C)(C)N1CCOCC1)NC1CC1c1ccccc1. The van der Waals surface area contributed by atoms with Crippen molar-refractivity contribution in [1.29, 1.82) is 0 Å². The van der Waals surface area contributed by atoms with Gasteiger partial charge in [0.2, 0.25) is 0 Å². The highest BCUT2D eigenvalue weighted by molar-refractivity contribution is 5.80. The second kappa shape index (κ2) is 8.19. The minimum absolute atomic E-state index is 0.0501. The van der Waals surface area contributed by atoms with E-state index in [1.165, 1.54) is 12.0 Å². The smallest absolute Gasteiger partial charge is 0.191 e. The molecule has 1 aliphatic carbocycles. The molecule has 2 N–H and O–H groups in total. The van der Waals surface area contributed by atoms with Gasteiger partial charge in [-0.05, 0) is 32.8 Å². The van der Waals surface area contributed by atoms with E-state index in [0.29, 0.717) is 12.0 Å². The Morgan fingerprint density at radius 3 is 2.64 bits per heavy atom. The minimum Gasteiger partial charge on any atom is -0.379 e. The van der Waals surface area contributed by atoms with Gasteiger partial charge in [0.05, 0.1) is 19.8 Å². The van der Waals surface area contributed by atoms with Crippen molar-refractivity contribution in [3.05, 3.63) is 35.9 Å². The molecular weight excluding hydrogens is 312 g/mol. The highest BCUT2D eigenvalue weighted by atomic mass is 16.5. The molecule has 2 atom stereocenters. The summed E-state index contributed by atoms with van der Waals surface area (Å²) in [7, 11) is 0. The van der Waals surface area contributed by atoms with Gasteiger partial charge >= 0.3 is 0 Å². The van der Waals surface area contributed by atoms with Crippen molar-refractivity contribution in [2.45, 2.75) is 44.7 Å². The van der Waals surface area contributed by atoms with E-state index in [1.807, 2.05) is 0 Å². The molecule has 1 saturated carbocycles. The molecule has 25 heavy (non-hydrogen) atoms. The number of nitrogens with zero attached hydrogens (tertiary/aromatic N) is 2. The quantitative estimate of drug-likeness (QED) is 0.614. The molecular formula is C20H32N4O. The zero-order valence-corrected chi connectivity index (χ0v) is 15.8. The zero-order valence-electron chi connectivity index (χ0n) is 15.8. The molecule has 5 nitrogen and oxygen atoms in total. The summed E-state index contributed by atoms with van der Waals surface area (Å²) in [5, 5.41) is 7.01. The van der Waals surface area contributed by atoms with Gasteiger partial charge in [0.25, 0.3) is 0 Å². The molecule has 1 aromatic carbocycles. The van der Waals surface area contributed by atoms with E-state index in [2.05, 4.69) is 66.6 Å². The van der Waals surface area contributed by atoms with Crippen LogP contribution < -0.4 is 10.6 Å². The van der Waals surface area contributed by atoms with Crippen LogP contribution in [-0.4, -0.2) is 61.8 Å². The summed E-state index contributed by atoms with van der Waals surface area (Å²) < 4.78 is 5.47. The summed E-state index contributed by atoms with van der Waals surface area (Å²) in [6.45, 7) is 12.0. The van der Waals surface area contributed by atoms with Crippen LogP contribution in [0.3, 0.4) is 0 Å². The van der Waals surface area contributed by atoms with Crippen molar-refractivity contribution in [2.24, 2.45) is 4.99 Å². The molecule has 1 aromatic rings. The molecule has 0 radical (unpaired) electrons. The Labute approximate surface area is 151 Å². The van der Waals surface area contributed by atoms with Crippen LogP contribution >= 0.6 is 0 Å². The molecule has 3 rings (SSSR count). The summed E-state index contributed by atoms with van der Waals surface area (Å²) in [5.41, 5.74) is 1.47. The summed E-state index contributed by atoms with van der Waals surface area (Å²) in [6, 6.07) is 11.2. The van der Waals surface area contributed by atoms with Gasteiger partial charge in [-0.25, -0.2) is 0 Å². The van der Waals surface area contributed by atoms with Gasteiger partial charge in [0.1, 0.15) is 0 Å². The number of aliphatic imine (C=N–C) groups is 1. The Morgan fingerprint density at radius 2 is 1.96 bits per heavy atom. The molecule has 0 aromatic heterocycles. The van der Waals surface area contributed by atoms with Gasteiger partial charge in [0.15, 0.2) is 5.96 Å². The predicted octanol–water partition coefficient (Wildman–Crippen LogP) is 2.21. The normalized spacial score (nSPS) is 24.8. The molecule has 2 fully saturated rings. The standard InChI is InChI=1S/C20H32N4O/c1-4-21-19(22-15-20(2,3)24-10-12-25-13-11-24)23-18-14-17(18)16-8-6-5-7-9-16/h5-9,17-18H,4,10-15H2,1-3H3,(H2,21,22,23). The van der Waals surface area contributed by atoms with Gasteiger partial charge < -0.3 is 15.4 Å². The van der Waals surface area contributed by atoms with Crippen LogP contribution in [0.4, 0.5) is 0 Å². The average Bonchev–Trinajstić information content (AvgIpc) is 3.41. The van der Waals surface area contributed by atoms with Gasteiger partial charge in [-0.2, -0.15) is 0 Å². The Balaban J connectivity index is 1.56. The van der Waals surface area contributed by atoms with E-state index >= 15 is 0 Å². The Morgan fingerprint density at radius 1 is 1.24 bits per heavy atom. The highest BCUT2D eigenvalue weighted by Crippen LogP contribution is 2.40. The Hall–Kier alpha value is -1.59. The molecule has 5 heteroatoms. The van der Waals surface area contributed by atoms with Crippen LogP contribution in [0.1, 0.15) is 38.7 Å². The number of hydrogen-bond donors (Lipinski definition) is 2. The fourth-order valence-electron chi connectivity index (χ4n) is 3.46. The Kier molecular flexibility index (Phi) is 5.97. The van der Waals surface area contributed by atoms with E-state index in [0.717, 1.165) is 45.4 Å². The monoisotopic (exact) mass is 344 g/mol. The third-order valence-electron chi connectivity index (χ3n) is 5.18. The summed E-state index contributed by atoms with van der Waals surface area (Å²) in [5.74, 6) is 1.55. The summed E-state index contributed by atoms with van der Waals surface area (Å²) in [6.07, 6.45) is 1.18. The van der Waals surface area contributed by atoms with Crippen LogP contribution in [-0.2, 0) is 4.74 Å². The van der Waals surface area contributed by atoms with Gasteiger partial charge in [-0.3, -0.25) is 9.89 Å². The molecule has 138 valence electrons. The molecule has 0 amide bonds. The minimum atomic E-state index is 0.0501. The lowest BCUT2D eigenvalue weighted by Crippen LogP contribution is -2.52. The van der Waals surface area contributed by atoms with E-state index in [9.17, 15) is 0 Å². The Bertz CT molecular complexity index is 566. The van der Waals surface area contributed by atoms with E-state index in [4.69, 9.17) is 9.73 Å². The van der Waals surface area contributed by atoms with Crippen molar-refractivity contribution in [3.8, 4) is 0 Å². The lowest BCUT2D eigenvalue weighted by atomic mass is 10.0. The predicted molar refractivity (Wildman–Crippen MR) is 103 cm³/mol.